The first-order chi connectivity index (χ1) is 8.18. The van der Waals surface area contributed by atoms with E-state index in [-0.39, 0.29) is 10.6 Å². The number of hydrogen-bond donors (Lipinski definition) is 1. The van der Waals surface area contributed by atoms with Crippen molar-refractivity contribution in [2.45, 2.75) is 13.3 Å². The summed E-state index contributed by atoms with van der Waals surface area (Å²) in [4.78, 5) is 16.9. The Bertz CT molecular complexity index is 414. The van der Waals surface area contributed by atoms with Crippen LogP contribution in [-0.2, 0) is 0 Å². The molecule has 2 heterocycles. The van der Waals surface area contributed by atoms with Crippen molar-refractivity contribution in [2.75, 3.05) is 31.1 Å². The minimum absolute atomic E-state index is 0.104. The lowest BCUT2D eigenvalue weighted by Crippen LogP contribution is -2.29. The molecule has 1 aromatic rings. The van der Waals surface area contributed by atoms with E-state index in [9.17, 15) is 10.1 Å². The number of aryl methyl sites for hydroxylation is 1. The molecule has 0 aliphatic carbocycles. The highest BCUT2D eigenvalue weighted by atomic mass is 16.6. The molecule has 0 saturated carbocycles. The van der Waals surface area contributed by atoms with Gasteiger partial charge in [0.1, 0.15) is 0 Å². The Labute approximate surface area is 99.8 Å². The van der Waals surface area contributed by atoms with E-state index in [1.54, 1.807) is 12.3 Å². The van der Waals surface area contributed by atoms with Crippen molar-refractivity contribution in [2.24, 2.45) is 0 Å². The number of pyridine rings is 1. The van der Waals surface area contributed by atoms with Crippen LogP contribution in [0.25, 0.3) is 0 Å². The Morgan fingerprint density at radius 3 is 3.06 bits per heavy atom. The van der Waals surface area contributed by atoms with Gasteiger partial charge >= 0.3 is 5.69 Å². The van der Waals surface area contributed by atoms with Crippen LogP contribution < -0.4 is 10.2 Å². The van der Waals surface area contributed by atoms with Crippen LogP contribution in [0.15, 0.2) is 12.3 Å². The molecule has 0 bridgehead atoms. The third-order valence-corrected chi connectivity index (χ3v) is 2.82. The first-order valence-electron chi connectivity index (χ1n) is 5.75. The van der Waals surface area contributed by atoms with E-state index >= 15 is 0 Å². The summed E-state index contributed by atoms with van der Waals surface area (Å²) in [5.74, 6) is 0.490. The number of nitro groups is 1. The standard InChI is InChI=1S/C11H16N4O2/c1-9-7-10(15(16)17)11(13-8-9)14-5-2-3-12-4-6-14/h7-8,12H,2-6H2,1H3. The number of aromatic nitrogens is 1. The van der Waals surface area contributed by atoms with Gasteiger partial charge in [0.25, 0.3) is 0 Å². The highest BCUT2D eigenvalue weighted by Crippen LogP contribution is 2.26. The van der Waals surface area contributed by atoms with E-state index < -0.39 is 0 Å². The smallest absolute Gasteiger partial charge is 0.311 e. The van der Waals surface area contributed by atoms with Gasteiger partial charge in [-0.1, -0.05) is 0 Å². The molecule has 0 atom stereocenters. The van der Waals surface area contributed by atoms with Crippen molar-refractivity contribution in [3.05, 3.63) is 27.9 Å². The van der Waals surface area contributed by atoms with Gasteiger partial charge in [0.2, 0.25) is 5.82 Å². The molecule has 1 N–H and O–H groups in total. The van der Waals surface area contributed by atoms with Gasteiger partial charge in [-0.3, -0.25) is 10.1 Å². The Balaban J connectivity index is 2.32. The molecule has 2 rings (SSSR count). The van der Waals surface area contributed by atoms with Gasteiger partial charge in [0.15, 0.2) is 0 Å². The van der Waals surface area contributed by atoms with Crippen LogP contribution in [0.5, 0.6) is 0 Å². The van der Waals surface area contributed by atoms with Gasteiger partial charge in [0.05, 0.1) is 4.92 Å². The maximum atomic E-state index is 11.0. The summed E-state index contributed by atoms with van der Waals surface area (Å²) in [5, 5.41) is 14.3. The zero-order valence-corrected chi connectivity index (χ0v) is 9.85. The first-order valence-corrected chi connectivity index (χ1v) is 5.75. The molecule has 6 nitrogen and oxygen atoms in total. The minimum atomic E-state index is -0.354. The lowest BCUT2D eigenvalue weighted by molar-refractivity contribution is -0.384. The molecule has 1 aliphatic heterocycles. The normalized spacial score (nSPS) is 16.6. The minimum Gasteiger partial charge on any atom is -0.350 e. The van der Waals surface area contributed by atoms with E-state index in [4.69, 9.17) is 0 Å². The van der Waals surface area contributed by atoms with Gasteiger partial charge in [-0.2, -0.15) is 0 Å². The quantitative estimate of drug-likeness (QED) is 0.615. The second-order valence-corrected chi connectivity index (χ2v) is 4.20. The fourth-order valence-electron chi connectivity index (χ4n) is 1.98. The van der Waals surface area contributed by atoms with Gasteiger partial charge in [0, 0.05) is 31.9 Å². The molecule has 92 valence electrons. The Hall–Kier alpha value is -1.69. The number of nitrogens with zero attached hydrogens (tertiary/aromatic N) is 3. The average molecular weight is 236 g/mol. The van der Waals surface area contributed by atoms with E-state index in [0.29, 0.717) is 5.82 Å². The first kappa shape index (κ1) is 11.8. The maximum absolute atomic E-state index is 11.0. The van der Waals surface area contributed by atoms with E-state index in [0.717, 1.165) is 38.2 Å². The van der Waals surface area contributed by atoms with Gasteiger partial charge in [-0.15, -0.1) is 0 Å². The van der Waals surface area contributed by atoms with Crippen LogP contribution in [0.4, 0.5) is 11.5 Å². The highest BCUT2D eigenvalue weighted by molar-refractivity contribution is 5.58. The van der Waals surface area contributed by atoms with Crippen LogP contribution in [-0.4, -0.2) is 36.1 Å². The summed E-state index contributed by atoms with van der Waals surface area (Å²) in [5.41, 5.74) is 0.917. The van der Waals surface area contributed by atoms with Crippen molar-refractivity contribution in [3.63, 3.8) is 0 Å². The number of nitrogens with one attached hydrogen (secondary N) is 1. The molecule has 0 amide bonds. The zero-order valence-electron chi connectivity index (χ0n) is 9.85. The molecule has 17 heavy (non-hydrogen) atoms. The summed E-state index contributed by atoms with van der Waals surface area (Å²) in [7, 11) is 0. The molecule has 1 fully saturated rings. The van der Waals surface area contributed by atoms with Crippen molar-refractivity contribution in [1.82, 2.24) is 10.3 Å². The number of rotatable bonds is 2. The van der Waals surface area contributed by atoms with Crippen molar-refractivity contribution in [1.29, 1.82) is 0 Å². The fraction of sp³-hybridized carbons (Fsp3) is 0.545. The molecular weight excluding hydrogens is 220 g/mol. The molecule has 6 heteroatoms. The molecule has 1 saturated heterocycles. The molecule has 0 unspecified atom stereocenters. The Kier molecular flexibility index (Phi) is 3.53. The topological polar surface area (TPSA) is 71.3 Å². The van der Waals surface area contributed by atoms with Crippen LogP contribution in [0.1, 0.15) is 12.0 Å². The second kappa shape index (κ2) is 5.09. The molecular formula is C11H16N4O2. The van der Waals surface area contributed by atoms with E-state index in [2.05, 4.69) is 10.3 Å². The maximum Gasteiger partial charge on any atom is 0.311 e. The molecule has 1 aromatic heterocycles. The Morgan fingerprint density at radius 1 is 1.47 bits per heavy atom. The average Bonchev–Trinajstić information content (AvgIpc) is 2.57. The monoisotopic (exact) mass is 236 g/mol. The SMILES string of the molecule is Cc1cnc(N2CCCNCC2)c([N+](=O)[O-])c1. The summed E-state index contributed by atoms with van der Waals surface area (Å²) in [6.07, 6.45) is 2.66. The predicted molar refractivity (Wildman–Crippen MR) is 65.3 cm³/mol. The van der Waals surface area contributed by atoms with Crippen molar-refractivity contribution >= 4 is 11.5 Å². The van der Waals surface area contributed by atoms with E-state index in [1.165, 1.54) is 0 Å². The summed E-state index contributed by atoms with van der Waals surface area (Å²) in [6.45, 7) is 5.18. The van der Waals surface area contributed by atoms with Crippen LogP contribution in [0.2, 0.25) is 0 Å². The van der Waals surface area contributed by atoms with Crippen molar-refractivity contribution in [3.8, 4) is 0 Å². The van der Waals surface area contributed by atoms with Crippen LogP contribution in [0, 0.1) is 17.0 Å². The molecule has 0 radical (unpaired) electrons. The highest BCUT2D eigenvalue weighted by Gasteiger charge is 2.21. The van der Waals surface area contributed by atoms with Crippen LogP contribution in [0.3, 0.4) is 0 Å². The zero-order chi connectivity index (χ0) is 12.3. The predicted octanol–water partition coefficient (Wildman–Crippen LogP) is 1.10. The molecule has 0 spiro atoms. The third kappa shape index (κ3) is 2.71. The van der Waals surface area contributed by atoms with Gasteiger partial charge in [-0.05, 0) is 25.5 Å². The Morgan fingerprint density at radius 2 is 2.29 bits per heavy atom. The van der Waals surface area contributed by atoms with Gasteiger partial charge < -0.3 is 10.2 Å². The lowest BCUT2D eigenvalue weighted by atomic mass is 10.2. The summed E-state index contributed by atoms with van der Waals surface area (Å²) >= 11 is 0. The number of hydrogen-bond acceptors (Lipinski definition) is 5. The lowest BCUT2D eigenvalue weighted by Gasteiger charge is -2.20. The summed E-state index contributed by atoms with van der Waals surface area (Å²) < 4.78 is 0. The molecule has 1 aliphatic rings. The third-order valence-electron chi connectivity index (χ3n) is 2.82. The second-order valence-electron chi connectivity index (χ2n) is 4.20. The largest absolute Gasteiger partial charge is 0.350 e. The van der Waals surface area contributed by atoms with E-state index in [1.807, 2.05) is 11.8 Å². The molecule has 0 aromatic carbocycles. The van der Waals surface area contributed by atoms with Crippen LogP contribution >= 0.6 is 0 Å². The fourth-order valence-corrected chi connectivity index (χ4v) is 1.98. The number of anilines is 1. The van der Waals surface area contributed by atoms with Gasteiger partial charge in [-0.25, -0.2) is 4.98 Å². The summed E-state index contributed by atoms with van der Waals surface area (Å²) in [6, 6.07) is 1.58. The van der Waals surface area contributed by atoms with Crippen molar-refractivity contribution < 1.29 is 4.92 Å².